The van der Waals surface area contributed by atoms with Crippen molar-refractivity contribution >= 4 is 23.2 Å². The SMILES string of the molecule is CC(COCc1cn(C2CCN(c3ncc(Cl)cn3)CC2)nn1)Nc1cn[nH]c(=O)c1C(F)(F)F. The molecule has 0 aromatic carbocycles. The first-order chi connectivity index (χ1) is 16.7. The summed E-state index contributed by atoms with van der Waals surface area (Å²) in [7, 11) is 0. The maximum absolute atomic E-state index is 13.2. The number of aromatic nitrogens is 7. The third-order valence-corrected chi connectivity index (χ3v) is 5.64. The predicted molar refractivity (Wildman–Crippen MR) is 120 cm³/mol. The van der Waals surface area contributed by atoms with E-state index in [2.05, 4.69) is 35.6 Å². The lowest BCUT2D eigenvalue weighted by Crippen LogP contribution is -2.35. The molecule has 35 heavy (non-hydrogen) atoms. The summed E-state index contributed by atoms with van der Waals surface area (Å²) in [4.78, 5) is 22.1. The Kier molecular flexibility index (Phi) is 7.50. The van der Waals surface area contributed by atoms with Crippen LogP contribution in [-0.2, 0) is 17.5 Å². The molecular formula is C20H23ClF3N9O2. The zero-order chi connectivity index (χ0) is 25.0. The summed E-state index contributed by atoms with van der Waals surface area (Å²) in [5, 5.41) is 16.7. The molecular weight excluding hydrogens is 491 g/mol. The predicted octanol–water partition coefficient (Wildman–Crippen LogP) is 2.68. The Balaban J connectivity index is 1.25. The quantitative estimate of drug-likeness (QED) is 0.467. The molecule has 1 unspecified atom stereocenters. The molecule has 4 heterocycles. The number of hydrogen-bond donors (Lipinski definition) is 2. The molecule has 2 N–H and O–H groups in total. The number of piperidine rings is 1. The number of nitrogens with one attached hydrogen (secondary N) is 2. The van der Waals surface area contributed by atoms with Crippen molar-refractivity contribution in [2.45, 2.75) is 44.6 Å². The van der Waals surface area contributed by atoms with Gasteiger partial charge in [-0.25, -0.2) is 19.7 Å². The molecule has 0 bridgehead atoms. The molecule has 1 aliphatic heterocycles. The first-order valence-corrected chi connectivity index (χ1v) is 11.2. The zero-order valence-electron chi connectivity index (χ0n) is 18.7. The molecule has 0 aliphatic carbocycles. The summed E-state index contributed by atoms with van der Waals surface area (Å²) < 4.78 is 46.9. The molecule has 1 aliphatic rings. The summed E-state index contributed by atoms with van der Waals surface area (Å²) in [6, 6.07) is -0.348. The van der Waals surface area contributed by atoms with Gasteiger partial charge in [-0.05, 0) is 19.8 Å². The molecule has 1 saturated heterocycles. The molecule has 3 aromatic rings. The Bertz CT molecular complexity index is 1180. The Morgan fingerprint density at radius 2 is 1.97 bits per heavy atom. The van der Waals surface area contributed by atoms with Crippen molar-refractivity contribution < 1.29 is 17.9 Å². The molecule has 3 aromatic heterocycles. The number of anilines is 2. The van der Waals surface area contributed by atoms with Crippen molar-refractivity contribution in [2.24, 2.45) is 0 Å². The van der Waals surface area contributed by atoms with Gasteiger partial charge in [-0.3, -0.25) is 4.79 Å². The highest BCUT2D eigenvalue weighted by atomic mass is 35.5. The second kappa shape index (κ2) is 10.6. The van der Waals surface area contributed by atoms with Gasteiger partial charge in [0.15, 0.2) is 0 Å². The number of rotatable bonds is 8. The number of alkyl halides is 3. The Morgan fingerprint density at radius 3 is 2.66 bits per heavy atom. The fourth-order valence-corrected chi connectivity index (χ4v) is 3.89. The minimum atomic E-state index is -4.81. The summed E-state index contributed by atoms with van der Waals surface area (Å²) in [6.07, 6.45) is 2.74. The van der Waals surface area contributed by atoms with Gasteiger partial charge in [0.2, 0.25) is 5.95 Å². The first-order valence-electron chi connectivity index (χ1n) is 10.8. The Morgan fingerprint density at radius 1 is 1.26 bits per heavy atom. The summed E-state index contributed by atoms with van der Waals surface area (Å²) >= 11 is 5.84. The van der Waals surface area contributed by atoms with Gasteiger partial charge in [0, 0.05) is 19.1 Å². The summed E-state index contributed by atoms with van der Waals surface area (Å²) in [5.74, 6) is 0.640. The van der Waals surface area contributed by atoms with Crippen molar-refractivity contribution in [2.75, 3.05) is 29.9 Å². The average Bonchev–Trinajstić information content (AvgIpc) is 3.28. The van der Waals surface area contributed by atoms with Crippen LogP contribution in [0.5, 0.6) is 0 Å². The minimum Gasteiger partial charge on any atom is -0.378 e. The second-order valence-corrected chi connectivity index (χ2v) is 8.59. The van der Waals surface area contributed by atoms with Gasteiger partial charge in [0.05, 0.1) is 54.8 Å². The fourth-order valence-electron chi connectivity index (χ4n) is 3.79. The van der Waals surface area contributed by atoms with E-state index in [-0.39, 0.29) is 19.3 Å². The summed E-state index contributed by atoms with van der Waals surface area (Å²) in [5.41, 5.74) is -2.43. The molecule has 1 fully saturated rings. The van der Waals surface area contributed by atoms with Crippen LogP contribution in [0.15, 0.2) is 29.6 Å². The molecule has 188 valence electrons. The van der Waals surface area contributed by atoms with E-state index in [1.807, 2.05) is 0 Å². The van der Waals surface area contributed by atoms with Gasteiger partial charge in [-0.1, -0.05) is 16.8 Å². The number of nitrogens with zero attached hydrogens (tertiary/aromatic N) is 7. The van der Waals surface area contributed by atoms with Gasteiger partial charge >= 0.3 is 6.18 Å². The fraction of sp³-hybridized carbons (Fsp3) is 0.500. The van der Waals surface area contributed by atoms with Crippen LogP contribution in [-0.4, -0.2) is 60.9 Å². The average molecular weight is 514 g/mol. The lowest BCUT2D eigenvalue weighted by molar-refractivity contribution is -0.138. The van der Waals surface area contributed by atoms with Crippen LogP contribution in [0.3, 0.4) is 0 Å². The van der Waals surface area contributed by atoms with Crippen LogP contribution in [0, 0.1) is 0 Å². The van der Waals surface area contributed by atoms with Crippen molar-refractivity contribution in [3.63, 3.8) is 0 Å². The van der Waals surface area contributed by atoms with Crippen LogP contribution in [0.2, 0.25) is 5.02 Å². The number of hydrogen-bond acceptors (Lipinski definition) is 9. The van der Waals surface area contributed by atoms with Crippen LogP contribution >= 0.6 is 11.6 Å². The molecule has 1 atom stereocenters. The Labute approximate surface area is 202 Å². The van der Waals surface area contributed by atoms with Gasteiger partial charge in [0.1, 0.15) is 11.3 Å². The topological polar surface area (TPSA) is 127 Å². The monoisotopic (exact) mass is 513 g/mol. The number of H-pyrrole nitrogens is 1. The van der Waals surface area contributed by atoms with Gasteiger partial charge in [-0.2, -0.15) is 18.3 Å². The van der Waals surface area contributed by atoms with E-state index >= 15 is 0 Å². The second-order valence-electron chi connectivity index (χ2n) is 8.16. The van der Waals surface area contributed by atoms with E-state index in [1.165, 1.54) is 0 Å². The molecule has 0 amide bonds. The third kappa shape index (κ3) is 6.25. The maximum atomic E-state index is 13.2. The molecule has 4 rings (SSSR count). The molecule has 0 saturated carbocycles. The standard InChI is InChI=1S/C20H23ClF3N9O2/c1-12(28-16-8-27-30-18(34)17(16)20(22,23)24)10-35-11-14-9-33(31-29-14)15-2-4-32(5-3-15)19-25-6-13(21)7-26-19/h6-9,12,15H,2-5,10-11H2,1H3,(H2,28,30,34). The van der Waals surface area contributed by atoms with Crippen molar-refractivity contribution in [1.29, 1.82) is 0 Å². The van der Waals surface area contributed by atoms with Crippen molar-refractivity contribution in [3.8, 4) is 0 Å². The molecule has 15 heteroatoms. The zero-order valence-corrected chi connectivity index (χ0v) is 19.4. The van der Waals surface area contributed by atoms with E-state index in [0.29, 0.717) is 16.7 Å². The van der Waals surface area contributed by atoms with Crippen molar-refractivity contribution in [3.05, 3.63) is 51.4 Å². The number of aromatic amines is 1. The Hall–Kier alpha value is -3.26. The van der Waals surface area contributed by atoms with Crippen LogP contribution < -0.4 is 15.8 Å². The third-order valence-electron chi connectivity index (χ3n) is 5.45. The first kappa shape index (κ1) is 24.9. The maximum Gasteiger partial charge on any atom is 0.423 e. The highest BCUT2D eigenvalue weighted by Crippen LogP contribution is 2.31. The lowest BCUT2D eigenvalue weighted by atomic mass is 10.1. The number of halogens is 4. The van der Waals surface area contributed by atoms with Gasteiger partial charge < -0.3 is 15.0 Å². The van der Waals surface area contributed by atoms with Gasteiger partial charge in [0.25, 0.3) is 5.56 Å². The van der Waals surface area contributed by atoms with Crippen molar-refractivity contribution in [1.82, 2.24) is 35.2 Å². The van der Waals surface area contributed by atoms with Crippen LogP contribution in [0.25, 0.3) is 0 Å². The number of ether oxygens (including phenoxy) is 1. The molecule has 0 spiro atoms. The van der Waals surface area contributed by atoms with Crippen LogP contribution in [0.1, 0.15) is 37.1 Å². The molecule has 11 nitrogen and oxygen atoms in total. The van der Waals surface area contributed by atoms with E-state index in [9.17, 15) is 18.0 Å². The highest BCUT2D eigenvalue weighted by Gasteiger charge is 2.37. The highest BCUT2D eigenvalue weighted by molar-refractivity contribution is 6.30. The van der Waals surface area contributed by atoms with Gasteiger partial charge in [-0.15, -0.1) is 5.10 Å². The largest absolute Gasteiger partial charge is 0.423 e. The van der Waals surface area contributed by atoms with E-state index < -0.39 is 29.0 Å². The lowest BCUT2D eigenvalue weighted by Gasteiger charge is -2.31. The minimum absolute atomic E-state index is 0.0798. The van der Waals surface area contributed by atoms with E-state index in [1.54, 1.807) is 35.3 Å². The van der Waals surface area contributed by atoms with Crippen LogP contribution in [0.4, 0.5) is 24.8 Å². The summed E-state index contributed by atoms with van der Waals surface area (Å²) in [6.45, 7) is 3.38. The van der Waals surface area contributed by atoms with E-state index in [0.717, 1.165) is 32.1 Å². The normalized spacial score (nSPS) is 15.9. The molecule has 0 radical (unpaired) electrons. The van der Waals surface area contributed by atoms with E-state index in [4.69, 9.17) is 16.3 Å². The smallest absolute Gasteiger partial charge is 0.378 e.